The molecule has 0 heterocycles. The minimum absolute atomic E-state index is 0.259. The van der Waals surface area contributed by atoms with Crippen molar-refractivity contribution < 1.29 is 4.39 Å². The number of halogens is 3. The summed E-state index contributed by atoms with van der Waals surface area (Å²) in [5.74, 6) is 0. The van der Waals surface area contributed by atoms with Gasteiger partial charge in [-0.25, -0.2) is 4.39 Å². The van der Waals surface area contributed by atoms with Gasteiger partial charge in [-0.3, -0.25) is 0 Å². The van der Waals surface area contributed by atoms with Crippen LogP contribution < -0.4 is 0 Å². The van der Waals surface area contributed by atoms with Gasteiger partial charge in [-0.05, 0) is 12.1 Å². The number of benzene rings is 1. The highest BCUT2D eigenvalue weighted by Gasteiger charge is 2.14. The van der Waals surface area contributed by atoms with Crippen LogP contribution in [0.4, 0.5) is 4.39 Å². The first-order valence-corrected chi connectivity index (χ1v) is 4.28. The number of nitroso groups, excluding NO2 is 1. The molecule has 0 radical (unpaired) electrons. The quantitative estimate of drug-likeness (QED) is 0.715. The van der Waals surface area contributed by atoms with Crippen LogP contribution >= 0.6 is 23.2 Å². The smallest absolute Gasteiger partial charge is 0.147 e. The number of hydrogen-bond acceptors (Lipinski definition) is 2. The van der Waals surface area contributed by atoms with Gasteiger partial charge < -0.3 is 0 Å². The summed E-state index contributed by atoms with van der Waals surface area (Å²) in [6.07, 6.45) is 0. The van der Waals surface area contributed by atoms with Crippen molar-refractivity contribution in [2.75, 3.05) is 6.67 Å². The van der Waals surface area contributed by atoms with Crippen LogP contribution in [0.5, 0.6) is 0 Å². The van der Waals surface area contributed by atoms with Crippen LogP contribution in [0.15, 0.2) is 23.4 Å². The van der Waals surface area contributed by atoms with E-state index in [-0.39, 0.29) is 5.02 Å². The Hall–Kier alpha value is -0.670. The van der Waals surface area contributed by atoms with E-state index in [1.165, 1.54) is 18.2 Å². The maximum atomic E-state index is 12.2. The molecule has 70 valence electrons. The van der Waals surface area contributed by atoms with Crippen LogP contribution in [0, 0.1) is 4.91 Å². The lowest BCUT2D eigenvalue weighted by Gasteiger charge is -2.06. The van der Waals surface area contributed by atoms with Crippen LogP contribution in [0.25, 0.3) is 0 Å². The van der Waals surface area contributed by atoms with Crippen molar-refractivity contribution in [2.24, 2.45) is 5.18 Å². The first-order valence-electron chi connectivity index (χ1n) is 3.52. The van der Waals surface area contributed by atoms with E-state index in [1.54, 1.807) is 0 Å². The Bertz CT molecular complexity index is 319. The molecule has 1 unspecified atom stereocenters. The standard InChI is InChI=1S/C8H6Cl2FNO/c9-5-1-2-6(7(10)3-5)8(4-11)12-13/h1-3,8H,4H2. The number of rotatable bonds is 3. The zero-order valence-corrected chi connectivity index (χ0v) is 8.02. The lowest BCUT2D eigenvalue weighted by atomic mass is 10.1. The molecular weight excluding hydrogens is 216 g/mol. The monoisotopic (exact) mass is 221 g/mol. The molecule has 0 aromatic heterocycles. The van der Waals surface area contributed by atoms with E-state index in [9.17, 15) is 9.30 Å². The average Bonchev–Trinajstić information content (AvgIpc) is 2.10. The van der Waals surface area contributed by atoms with E-state index < -0.39 is 12.7 Å². The summed E-state index contributed by atoms with van der Waals surface area (Å²) in [5.41, 5.74) is 0.364. The fourth-order valence-electron chi connectivity index (χ4n) is 0.940. The fraction of sp³-hybridized carbons (Fsp3) is 0.250. The predicted molar refractivity (Wildman–Crippen MR) is 51.0 cm³/mol. The van der Waals surface area contributed by atoms with Crippen LogP contribution in [0.3, 0.4) is 0 Å². The molecule has 1 rings (SSSR count). The van der Waals surface area contributed by atoms with Crippen molar-refractivity contribution in [3.8, 4) is 0 Å². The van der Waals surface area contributed by atoms with Crippen LogP contribution in [-0.4, -0.2) is 6.67 Å². The third kappa shape index (κ3) is 2.39. The van der Waals surface area contributed by atoms with Crippen molar-refractivity contribution in [1.29, 1.82) is 0 Å². The SMILES string of the molecule is O=NC(CF)c1ccc(Cl)cc1Cl. The summed E-state index contributed by atoms with van der Waals surface area (Å²) in [7, 11) is 0. The van der Waals surface area contributed by atoms with Crippen molar-refractivity contribution >= 4 is 23.2 Å². The summed E-state index contributed by atoms with van der Waals surface area (Å²) >= 11 is 11.4. The van der Waals surface area contributed by atoms with Crippen LogP contribution in [0.2, 0.25) is 10.0 Å². The zero-order chi connectivity index (χ0) is 9.84. The Morgan fingerprint density at radius 1 is 1.46 bits per heavy atom. The van der Waals surface area contributed by atoms with Crippen molar-refractivity contribution in [3.05, 3.63) is 38.7 Å². The van der Waals surface area contributed by atoms with Crippen LogP contribution in [-0.2, 0) is 0 Å². The first kappa shape index (κ1) is 10.4. The highest BCUT2D eigenvalue weighted by molar-refractivity contribution is 6.35. The second kappa shape index (κ2) is 4.53. The van der Waals surface area contributed by atoms with Crippen molar-refractivity contribution in [2.45, 2.75) is 6.04 Å². The fourth-order valence-corrected chi connectivity index (χ4v) is 1.47. The number of alkyl halides is 1. The third-order valence-corrected chi connectivity index (χ3v) is 2.16. The molecule has 0 fully saturated rings. The maximum Gasteiger partial charge on any atom is 0.147 e. The Morgan fingerprint density at radius 3 is 2.62 bits per heavy atom. The van der Waals surface area contributed by atoms with Gasteiger partial charge in [0.1, 0.15) is 12.7 Å². The molecule has 5 heteroatoms. The minimum Gasteiger partial charge on any atom is -0.248 e. The number of nitrogens with zero attached hydrogens (tertiary/aromatic N) is 1. The van der Waals surface area contributed by atoms with E-state index in [4.69, 9.17) is 23.2 Å². The summed E-state index contributed by atoms with van der Waals surface area (Å²) in [6, 6.07) is 3.45. The van der Waals surface area contributed by atoms with Gasteiger partial charge in [0.2, 0.25) is 0 Å². The normalized spacial score (nSPS) is 12.5. The Balaban J connectivity index is 3.06. The predicted octanol–water partition coefficient (Wildman–Crippen LogP) is 3.77. The second-order valence-electron chi connectivity index (χ2n) is 2.44. The van der Waals surface area contributed by atoms with Gasteiger partial charge >= 0.3 is 0 Å². The summed E-state index contributed by atoms with van der Waals surface area (Å²) in [5, 5.41) is 3.32. The molecular formula is C8H6Cl2FNO. The third-order valence-electron chi connectivity index (χ3n) is 1.59. The van der Waals surface area contributed by atoms with Gasteiger partial charge in [0, 0.05) is 15.6 Å². The van der Waals surface area contributed by atoms with Gasteiger partial charge in [-0.2, -0.15) is 4.91 Å². The molecule has 0 aliphatic rings. The Kier molecular flexibility index (Phi) is 3.63. The molecule has 0 N–H and O–H groups in total. The van der Waals surface area contributed by atoms with Gasteiger partial charge in [0.25, 0.3) is 0 Å². The van der Waals surface area contributed by atoms with E-state index in [1.807, 2.05) is 0 Å². The molecule has 1 aromatic carbocycles. The van der Waals surface area contributed by atoms with Crippen molar-refractivity contribution in [3.63, 3.8) is 0 Å². The first-order chi connectivity index (χ1) is 6.19. The Labute approximate surface area is 84.6 Å². The van der Waals surface area contributed by atoms with Crippen molar-refractivity contribution in [1.82, 2.24) is 0 Å². The molecule has 2 nitrogen and oxygen atoms in total. The maximum absolute atomic E-state index is 12.2. The average molecular weight is 222 g/mol. The van der Waals surface area contributed by atoms with E-state index in [0.717, 1.165) is 0 Å². The van der Waals surface area contributed by atoms with Gasteiger partial charge in [-0.1, -0.05) is 34.4 Å². The summed E-state index contributed by atoms with van der Waals surface area (Å²) in [4.78, 5) is 10.2. The largest absolute Gasteiger partial charge is 0.248 e. The van der Waals surface area contributed by atoms with Gasteiger partial charge in [-0.15, -0.1) is 0 Å². The molecule has 0 aliphatic heterocycles. The second-order valence-corrected chi connectivity index (χ2v) is 3.28. The highest BCUT2D eigenvalue weighted by Crippen LogP contribution is 2.28. The molecule has 0 spiro atoms. The molecule has 0 saturated heterocycles. The topological polar surface area (TPSA) is 29.4 Å². The Morgan fingerprint density at radius 2 is 2.15 bits per heavy atom. The lowest BCUT2D eigenvalue weighted by molar-refractivity contribution is 0.437. The summed E-state index contributed by atoms with van der Waals surface area (Å²) in [6.45, 7) is -0.856. The molecule has 1 atom stereocenters. The number of hydrogen-bond donors (Lipinski definition) is 0. The molecule has 0 bridgehead atoms. The van der Waals surface area contributed by atoms with E-state index in [0.29, 0.717) is 10.6 Å². The highest BCUT2D eigenvalue weighted by atomic mass is 35.5. The van der Waals surface area contributed by atoms with Gasteiger partial charge in [0.15, 0.2) is 0 Å². The lowest BCUT2D eigenvalue weighted by Crippen LogP contribution is -1.97. The zero-order valence-electron chi connectivity index (χ0n) is 6.51. The van der Waals surface area contributed by atoms with Crippen LogP contribution in [0.1, 0.15) is 11.6 Å². The molecule has 0 saturated carbocycles. The minimum atomic E-state index is -1.04. The molecule has 13 heavy (non-hydrogen) atoms. The summed E-state index contributed by atoms with van der Waals surface area (Å²) < 4.78 is 12.2. The van der Waals surface area contributed by atoms with Gasteiger partial charge in [0.05, 0.1) is 0 Å². The molecule has 1 aromatic rings. The van der Waals surface area contributed by atoms with E-state index >= 15 is 0 Å². The molecule has 0 aliphatic carbocycles. The van der Waals surface area contributed by atoms with E-state index in [2.05, 4.69) is 5.18 Å². The molecule has 0 amide bonds.